The van der Waals surface area contributed by atoms with Crippen molar-refractivity contribution in [3.63, 3.8) is 0 Å². The summed E-state index contributed by atoms with van der Waals surface area (Å²) in [5.41, 5.74) is 1.91. The Morgan fingerprint density at radius 3 is 2.76 bits per heavy atom. The van der Waals surface area contributed by atoms with E-state index < -0.39 is 0 Å². The van der Waals surface area contributed by atoms with Crippen LogP contribution in [0, 0.1) is 10.1 Å². The molecule has 1 heterocycles. The highest BCUT2D eigenvalue weighted by atomic mass is 16.6. The van der Waals surface area contributed by atoms with E-state index in [1.165, 1.54) is 6.07 Å². The summed E-state index contributed by atoms with van der Waals surface area (Å²) in [7, 11) is 2.14. The van der Waals surface area contributed by atoms with E-state index in [0.29, 0.717) is 31.3 Å². The average molecular weight is 399 g/mol. The number of nitrogens with one attached hydrogen (secondary N) is 1. The molecular weight excluding hydrogens is 370 g/mol. The van der Waals surface area contributed by atoms with E-state index in [0.717, 1.165) is 43.9 Å². The third kappa shape index (κ3) is 6.52. The van der Waals surface area contributed by atoms with Crippen LogP contribution in [-0.4, -0.2) is 49.3 Å². The number of rotatable bonds is 10. The van der Waals surface area contributed by atoms with Gasteiger partial charge in [0.2, 0.25) is 0 Å². The first-order valence-electron chi connectivity index (χ1n) is 10.1. The molecule has 1 fully saturated rings. The summed E-state index contributed by atoms with van der Waals surface area (Å²) in [6.45, 7) is 4.27. The van der Waals surface area contributed by atoms with Crippen LogP contribution in [0.4, 0.5) is 5.69 Å². The lowest BCUT2D eigenvalue weighted by atomic mass is 10.1. The molecule has 0 spiro atoms. The maximum atomic E-state index is 11.1. The summed E-state index contributed by atoms with van der Waals surface area (Å²) in [4.78, 5) is 13.1. The van der Waals surface area contributed by atoms with E-state index in [2.05, 4.69) is 17.3 Å². The molecule has 2 aromatic carbocycles. The molecule has 0 saturated carbocycles. The van der Waals surface area contributed by atoms with Gasteiger partial charge in [-0.1, -0.05) is 30.3 Å². The monoisotopic (exact) mass is 399 g/mol. The molecule has 1 saturated heterocycles. The van der Waals surface area contributed by atoms with Gasteiger partial charge in [-0.15, -0.1) is 0 Å². The summed E-state index contributed by atoms with van der Waals surface area (Å²) >= 11 is 0. The van der Waals surface area contributed by atoms with Gasteiger partial charge in [0.1, 0.15) is 12.4 Å². The number of nitro groups is 1. The summed E-state index contributed by atoms with van der Waals surface area (Å²) in [6.07, 6.45) is 2.16. The van der Waals surface area contributed by atoms with E-state index in [4.69, 9.17) is 9.47 Å². The molecule has 0 unspecified atom stereocenters. The highest BCUT2D eigenvalue weighted by Crippen LogP contribution is 2.18. The zero-order valence-electron chi connectivity index (χ0n) is 16.9. The molecule has 156 valence electrons. The van der Waals surface area contributed by atoms with Crippen LogP contribution in [0.25, 0.3) is 0 Å². The van der Waals surface area contributed by atoms with E-state index >= 15 is 0 Å². The minimum Gasteiger partial charge on any atom is -0.492 e. The predicted molar refractivity (Wildman–Crippen MR) is 112 cm³/mol. The quantitative estimate of drug-likeness (QED) is 0.488. The van der Waals surface area contributed by atoms with E-state index in [1.807, 2.05) is 30.3 Å². The van der Waals surface area contributed by atoms with Crippen LogP contribution in [0.1, 0.15) is 24.0 Å². The molecular formula is C22H29N3O4. The third-order valence-electron chi connectivity index (χ3n) is 5.26. The normalized spacial score (nSPS) is 14.8. The second-order valence-electron chi connectivity index (χ2n) is 7.31. The molecule has 7 heteroatoms. The molecule has 0 aromatic heterocycles. The third-order valence-corrected chi connectivity index (χ3v) is 5.26. The first-order valence-corrected chi connectivity index (χ1v) is 10.1. The van der Waals surface area contributed by atoms with Gasteiger partial charge in [-0.05, 0) is 37.6 Å². The standard InChI is InChI=1S/C22H29N3O4/c1-24(20-9-12-28-13-10-20)11-14-29-21-7-4-5-18(15-21)16-23-17-19-6-2-3-8-22(19)25(26)27/h2-8,15,20,23H,9-14,16-17H2,1H3. The zero-order chi connectivity index (χ0) is 20.5. The maximum absolute atomic E-state index is 11.1. The fraction of sp³-hybridized carbons (Fsp3) is 0.455. The smallest absolute Gasteiger partial charge is 0.273 e. The van der Waals surface area contributed by atoms with Crippen molar-refractivity contribution >= 4 is 5.69 Å². The van der Waals surface area contributed by atoms with Crippen LogP contribution in [0.3, 0.4) is 0 Å². The van der Waals surface area contributed by atoms with Gasteiger partial charge < -0.3 is 14.8 Å². The Labute approximate surface area is 171 Å². The summed E-state index contributed by atoms with van der Waals surface area (Å²) < 4.78 is 11.4. The molecule has 7 nitrogen and oxygen atoms in total. The van der Waals surface area contributed by atoms with Gasteiger partial charge in [-0.25, -0.2) is 0 Å². The van der Waals surface area contributed by atoms with Crippen molar-refractivity contribution in [2.75, 3.05) is 33.4 Å². The van der Waals surface area contributed by atoms with Crippen LogP contribution in [0.5, 0.6) is 5.75 Å². The molecule has 1 aliphatic rings. The zero-order valence-corrected chi connectivity index (χ0v) is 16.9. The molecule has 3 rings (SSSR count). The Morgan fingerprint density at radius 2 is 1.97 bits per heavy atom. The molecule has 0 radical (unpaired) electrons. The fourth-order valence-corrected chi connectivity index (χ4v) is 3.54. The average Bonchev–Trinajstić information content (AvgIpc) is 2.75. The van der Waals surface area contributed by atoms with Gasteiger partial charge in [-0.2, -0.15) is 0 Å². The van der Waals surface area contributed by atoms with Crippen molar-refractivity contribution in [1.29, 1.82) is 0 Å². The van der Waals surface area contributed by atoms with Gasteiger partial charge in [0.15, 0.2) is 0 Å². The minimum atomic E-state index is -0.344. The van der Waals surface area contributed by atoms with E-state index in [1.54, 1.807) is 12.1 Å². The van der Waals surface area contributed by atoms with Gasteiger partial charge in [0.25, 0.3) is 5.69 Å². The molecule has 2 aromatic rings. The molecule has 1 N–H and O–H groups in total. The molecule has 1 aliphatic heterocycles. The van der Waals surface area contributed by atoms with Crippen LogP contribution in [-0.2, 0) is 17.8 Å². The predicted octanol–water partition coefficient (Wildman–Crippen LogP) is 3.37. The Hall–Kier alpha value is -2.48. The van der Waals surface area contributed by atoms with Crippen LogP contribution in [0.15, 0.2) is 48.5 Å². The largest absolute Gasteiger partial charge is 0.492 e. The number of para-hydroxylation sites is 1. The Balaban J connectivity index is 1.44. The van der Waals surface area contributed by atoms with Crippen molar-refractivity contribution in [2.24, 2.45) is 0 Å². The molecule has 0 aliphatic carbocycles. The summed E-state index contributed by atoms with van der Waals surface area (Å²) in [5, 5.41) is 14.4. The number of nitrogens with zero attached hydrogens (tertiary/aromatic N) is 2. The lowest BCUT2D eigenvalue weighted by molar-refractivity contribution is -0.385. The molecule has 0 bridgehead atoms. The summed E-state index contributed by atoms with van der Waals surface area (Å²) in [5.74, 6) is 0.843. The van der Waals surface area contributed by atoms with Crippen LogP contribution < -0.4 is 10.1 Å². The Kier molecular flexibility index (Phi) is 7.98. The Bertz CT molecular complexity index is 793. The van der Waals surface area contributed by atoms with Crippen LogP contribution >= 0.6 is 0 Å². The summed E-state index contributed by atoms with van der Waals surface area (Å²) in [6, 6.07) is 15.3. The number of ether oxygens (including phenoxy) is 2. The first kappa shape index (κ1) is 21.2. The number of benzene rings is 2. The topological polar surface area (TPSA) is 76.9 Å². The van der Waals surface area contributed by atoms with Crippen molar-refractivity contribution in [2.45, 2.75) is 32.0 Å². The van der Waals surface area contributed by atoms with Crippen molar-refractivity contribution in [1.82, 2.24) is 10.2 Å². The Morgan fingerprint density at radius 1 is 1.17 bits per heavy atom. The van der Waals surface area contributed by atoms with E-state index in [-0.39, 0.29) is 10.6 Å². The molecule has 29 heavy (non-hydrogen) atoms. The van der Waals surface area contributed by atoms with Gasteiger partial charge in [0.05, 0.1) is 4.92 Å². The fourth-order valence-electron chi connectivity index (χ4n) is 3.54. The van der Waals surface area contributed by atoms with Crippen LogP contribution in [0.2, 0.25) is 0 Å². The highest BCUT2D eigenvalue weighted by molar-refractivity contribution is 5.39. The number of nitro benzene ring substituents is 1. The number of likely N-dealkylation sites (N-methyl/N-ethyl adjacent to an activating group) is 1. The SMILES string of the molecule is CN(CCOc1cccc(CNCc2ccccc2[N+](=O)[O-])c1)C1CCOCC1. The lowest BCUT2D eigenvalue weighted by Gasteiger charge is -2.31. The van der Waals surface area contributed by atoms with Gasteiger partial charge in [0, 0.05) is 50.5 Å². The first-order chi connectivity index (χ1) is 14.1. The van der Waals surface area contributed by atoms with Crippen molar-refractivity contribution in [3.05, 3.63) is 69.8 Å². The lowest BCUT2D eigenvalue weighted by Crippen LogP contribution is -2.38. The molecule has 0 amide bonds. The number of hydrogen-bond acceptors (Lipinski definition) is 6. The molecule has 0 atom stereocenters. The number of hydrogen-bond donors (Lipinski definition) is 1. The van der Waals surface area contributed by atoms with E-state index in [9.17, 15) is 10.1 Å². The van der Waals surface area contributed by atoms with Crippen molar-refractivity contribution < 1.29 is 14.4 Å². The second kappa shape index (κ2) is 10.9. The minimum absolute atomic E-state index is 0.144. The van der Waals surface area contributed by atoms with Crippen molar-refractivity contribution in [3.8, 4) is 5.75 Å². The van der Waals surface area contributed by atoms with Gasteiger partial charge >= 0.3 is 0 Å². The highest BCUT2D eigenvalue weighted by Gasteiger charge is 2.18. The van der Waals surface area contributed by atoms with Gasteiger partial charge in [-0.3, -0.25) is 15.0 Å². The maximum Gasteiger partial charge on any atom is 0.273 e. The second-order valence-corrected chi connectivity index (χ2v) is 7.31.